The minimum Gasteiger partial charge on any atom is -0.466 e. The van der Waals surface area contributed by atoms with Gasteiger partial charge in [0.05, 0.1) is 7.11 Å². The van der Waals surface area contributed by atoms with Gasteiger partial charge < -0.3 is 4.74 Å². The van der Waals surface area contributed by atoms with Crippen LogP contribution in [-0.2, 0) is 14.9 Å². The number of methoxy groups -OCH3 is 1. The molecular formula is C11H11BrO2. The van der Waals surface area contributed by atoms with Gasteiger partial charge in [-0.05, 0) is 17.2 Å². The highest BCUT2D eigenvalue weighted by Gasteiger charge is 1.92. The van der Waals surface area contributed by atoms with Crippen molar-refractivity contribution in [1.29, 1.82) is 0 Å². The lowest BCUT2D eigenvalue weighted by Crippen LogP contribution is -1.93. The topological polar surface area (TPSA) is 26.3 Å². The third-order valence-corrected chi connectivity index (χ3v) is 2.39. The predicted molar refractivity (Wildman–Crippen MR) is 60.1 cm³/mol. The summed E-state index contributed by atoms with van der Waals surface area (Å²) in [5.41, 5.74) is 2.19. The van der Waals surface area contributed by atoms with Crippen LogP contribution in [0.2, 0.25) is 0 Å². The molecule has 1 rings (SSSR count). The van der Waals surface area contributed by atoms with Gasteiger partial charge in [0.15, 0.2) is 0 Å². The van der Waals surface area contributed by atoms with E-state index in [2.05, 4.69) is 20.7 Å². The molecule has 0 aliphatic rings. The first-order chi connectivity index (χ1) is 6.76. The molecule has 2 nitrogen and oxygen atoms in total. The zero-order valence-corrected chi connectivity index (χ0v) is 9.45. The van der Waals surface area contributed by atoms with Crippen molar-refractivity contribution in [3.05, 3.63) is 41.5 Å². The van der Waals surface area contributed by atoms with Crippen molar-refractivity contribution in [3.63, 3.8) is 0 Å². The van der Waals surface area contributed by atoms with Crippen molar-refractivity contribution in [2.45, 2.75) is 5.33 Å². The fourth-order valence-corrected chi connectivity index (χ4v) is 1.32. The number of rotatable bonds is 3. The Balaban J connectivity index is 2.68. The lowest BCUT2D eigenvalue weighted by molar-refractivity contribution is -0.134. The summed E-state index contributed by atoms with van der Waals surface area (Å²) in [4.78, 5) is 10.8. The van der Waals surface area contributed by atoms with E-state index in [-0.39, 0.29) is 5.97 Å². The monoisotopic (exact) mass is 254 g/mol. The van der Waals surface area contributed by atoms with Crippen molar-refractivity contribution < 1.29 is 9.53 Å². The van der Waals surface area contributed by atoms with Crippen LogP contribution in [0.4, 0.5) is 0 Å². The molecule has 1 aromatic rings. The van der Waals surface area contributed by atoms with E-state index >= 15 is 0 Å². The minimum absolute atomic E-state index is 0.338. The highest BCUT2D eigenvalue weighted by molar-refractivity contribution is 9.08. The van der Waals surface area contributed by atoms with Crippen LogP contribution in [0, 0.1) is 0 Å². The maximum absolute atomic E-state index is 10.8. The molecule has 0 aliphatic carbocycles. The number of benzene rings is 1. The normalized spacial score (nSPS) is 10.4. The zero-order chi connectivity index (χ0) is 10.4. The Labute approximate surface area is 91.7 Å². The van der Waals surface area contributed by atoms with E-state index in [0.29, 0.717) is 0 Å². The molecule has 14 heavy (non-hydrogen) atoms. The van der Waals surface area contributed by atoms with Gasteiger partial charge >= 0.3 is 5.97 Å². The highest BCUT2D eigenvalue weighted by Crippen LogP contribution is 2.09. The van der Waals surface area contributed by atoms with Crippen LogP contribution in [0.5, 0.6) is 0 Å². The van der Waals surface area contributed by atoms with Crippen molar-refractivity contribution in [2.24, 2.45) is 0 Å². The van der Waals surface area contributed by atoms with Gasteiger partial charge in [-0.2, -0.15) is 0 Å². The van der Waals surface area contributed by atoms with Gasteiger partial charge in [0.25, 0.3) is 0 Å². The fraction of sp³-hybridized carbons (Fsp3) is 0.182. The number of ether oxygens (including phenoxy) is 1. The molecule has 74 valence electrons. The average molecular weight is 255 g/mol. The molecule has 0 saturated heterocycles. The maximum atomic E-state index is 10.8. The largest absolute Gasteiger partial charge is 0.466 e. The summed E-state index contributed by atoms with van der Waals surface area (Å²) in [5.74, 6) is -0.338. The fourth-order valence-electron chi connectivity index (χ4n) is 0.950. The number of carbonyl (C=O) groups excluding carboxylic acids is 1. The van der Waals surface area contributed by atoms with E-state index in [1.165, 1.54) is 18.7 Å². The molecule has 0 radical (unpaired) electrons. The predicted octanol–water partition coefficient (Wildman–Crippen LogP) is 2.77. The third kappa shape index (κ3) is 3.34. The highest BCUT2D eigenvalue weighted by atomic mass is 79.9. The molecule has 0 bridgehead atoms. The molecule has 0 spiro atoms. The van der Waals surface area contributed by atoms with E-state index in [9.17, 15) is 4.79 Å². The second-order valence-corrected chi connectivity index (χ2v) is 3.29. The molecular weight excluding hydrogens is 244 g/mol. The number of carbonyl (C=O) groups is 1. The molecule has 0 aliphatic heterocycles. The van der Waals surface area contributed by atoms with Crippen molar-refractivity contribution in [2.75, 3.05) is 7.11 Å². The summed E-state index contributed by atoms with van der Waals surface area (Å²) in [6.45, 7) is 0. The van der Waals surface area contributed by atoms with E-state index in [4.69, 9.17) is 0 Å². The molecule has 0 fully saturated rings. The minimum atomic E-state index is -0.338. The van der Waals surface area contributed by atoms with Gasteiger partial charge in [-0.15, -0.1) is 0 Å². The first kappa shape index (κ1) is 11.0. The van der Waals surface area contributed by atoms with E-state index in [1.54, 1.807) is 6.08 Å². The molecule has 0 saturated carbocycles. The molecule has 0 N–H and O–H groups in total. The quantitative estimate of drug-likeness (QED) is 0.471. The van der Waals surface area contributed by atoms with Crippen molar-refractivity contribution >= 4 is 28.0 Å². The van der Waals surface area contributed by atoms with Crippen LogP contribution in [0.1, 0.15) is 11.1 Å². The van der Waals surface area contributed by atoms with Crippen LogP contribution in [0.15, 0.2) is 30.3 Å². The zero-order valence-electron chi connectivity index (χ0n) is 7.87. The second kappa shape index (κ2) is 5.60. The maximum Gasteiger partial charge on any atom is 0.330 e. The molecule has 0 amide bonds. The van der Waals surface area contributed by atoms with Gasteiger partial charge in [-0.25, -0.2) is 4.79 Å². The first-order valence-corrected chi connectivity index (χ1v) is 5.29. The standard InChI is InChI=1S/C11H11BrO2/c1-14-11(13)7-6-9-2-4-10(8-12)5-3-9/h2-7H,8H2,1H3/b7-6+. The second-order valence-electron chi connectivity index (χ2n) is 2.73. The molecule has 0 unspecified atom stereocenters. The van der Waals surface area contributed by atoms with E-state index in [1.807, 2.05) is 24.3 Å². The summed E-state index contributed by atoms with van der Waals surface area (Å²) < 4.78 is 4.48. The summed E-state index contributed by atoms with van der Waals surface area (Å²) >= 11 is 3.36. The van der Waals surface area contributed by atoms with Crippen LogP contribution in [-0.4, -0.2) is 13.1 Å². The van der Waals surface area contributed by atoms with Crippen molar-refractivity contribution in [3.8, 4) is 0 Å². The molecule has 3 heteroatoms. The number of alkyl halides is 1. The Morgan fingerprint density at radius 3 is 2.57 bits per heavy atom. The van der Waals surface area contributed by atoms with Gasteiger partial charge in [-0.3, -0.25) is 0 Å². The molecule has 1 aromatic carbocycles. The smallest absolute Gasteiger partial charge is 0.330 e. The molecule has 0 aromatic heterocycles. The average Bonchev–Trinajstić information content (AvgIpc) is 2.26. The summed E-state index contributed by atoms with van der Waals surface area (Å²) in [7, 11) is 1.36. The van der Waals surface area contributed by atoms with Crippen LogP contribution in [0.25, 0.3) is 6.08 Å². The Morgan fingerprint density at radius 2 is 2.07 bits per heavy atom. The summed E-state index contributed by atoms with van der Waals surface area (Å²) in [5, 5.41) is 0.841. The first-order valence-electron chi connectivity index (χ1n) is 4.17. The van der Waals surface area contributed by atoms with Crippen LogP contribution in [0.3, 0.4) is 0 Å². The molecule has 0 heterocycles. The lowest BCUT2D eigenvalue weighted by atomic mass is 10.1. The number of hydrogen-bond donors (Lipinski definition) is 0. The lowest BCUT2D eigenvalue weighted by Gasteiger charge is -1.96. The third-order valence-electron chi connectivity index (χ3n) is 1.75. The number of esters is 1. The number of hydrogen-bond acceptors (Lipinski definition) is 2. The van der Waals surface area contributed by atoms with Crippen LogP contribution < -0.4 is 0 Å². The van der Waals surface area contributed by atoms with Gasteiger partial charge in [0, 0.05) is 11.4 Å². The van der Waals surface area contributed by atoms with Gasteiger partial charge in [0.2, 0.25) is 0 Å². The Hall–Kier alpha value is -1.09. The Kier molecular flexibility index (Phi) is 4.40. The summed E-state index contributed by atoms with van der Waals surface area (Å²) in [6, 6.07) is 7.92. The SMILES string of the molecule is COC(=O)/C=C/c1ccc(CBr)cc1. The van der Waals surface area contributed by atoms with E-state index < -0.39 is 0 Å². The molecule has 0 atom stereocenters. The summed E-state index contributed by atoms with van der Waals surface area (Å²) in [6.07, 6.45) is 3.13. The number of halogens is 1. The van der Waals surface area contributed by atoms with E-state index in [0.717, 1.165) is 10.9 Å². The Morgan fingerprint density at radius 1 is 1.43 bits per heavy atom. The van der Waals surface area contributed by atoms with Crippen LogP contribution >= 0.6 is 15.9 Å². The van der Waals surface area contributed by atoms with Gasteiger partial charge in [0.1, 0.15) is 0 Å². The van der Waals surface area contributed by atoms with Crippen molar-refractivity contribution in [1.82, 2.24) is 0 Å². The van der Waals surface area contributed by atoms with Gasteiger partial charge in [-0.1, -0.05) is 40.2 Å². The Bertz CT molecular complexity index is 328.